The van der Waals surface area contributed by atoms with E-state index in [-0.39, 0.29) is 24.4 Å². The lowest BCUT2D eigenvalue weighted by Crippen LogP contribution is -2.62. The smallest absolute Gasteiger partial charge is 0.287 e. The highest BCUT2D eigenvalue weighted by atomic mass is 32.2. The van der Waals surface area contributed by atoms with Crippen LogP contribution >= 0.6 is 0 Å². The van der Waals surface area contributed by atoms with Gasteiger partial charge >= 0.3 is 0 Å². The van der Waals surface area contributed by atoms with Crippen LogP contribution in [0, 0.1) is 11.3 Å². The Bertz CT molecular complexity index is 1520. The van der Waals surface area contributed by atoms with Gasteiger partial charge < -0.3 is 15.1 Å². The number of fused-ring (bicyclic) bond motifs is 1. The topological polar surface area (TPSA) is 129 Å². The Morgan fingerprint density at radius 1 is 0.921 bits per heavy atom. The first-order valence-corrected chi connectivity index (χ1v) is 13.6. The standard InChI is InChI=1S/C27H25F2N3O5S/c28-27(29)11-9-26(10-12-27,24(34)32-25(16-30)7-8-25)31-23(33)22-14-20-6-5-19(13-21(20)37-22)18-3-1-17(2-4-18)15-38(35)36/h1-6,13-14,38H,7-12,15H2,(H,31,33)(H,32,34). The van der Waals surface area contributed by atoms with Crippen LogP contribution in [0.15, 0.2) is 52.9 Å². The summed E-state index contributed by atoms with van der Waals surface area (Å²) < 4.78 is 55.5. The first-order chi connectivity index (χ1) is 18.0. The summed E-state index contributed by atoms with van der Waals surface area (Å²) in [5.41, 5.74) is 0.108. The fourth-order valence-corrected chi connectivity index (χ4v) is 5.24. The van der Waals surface area contributed by atoms with Gasteiger partial charge in [-0.05, 0) is 54.5 Å². The summed E-state index contributed by atoms with van der Waals surface area (Å²) in [5.74, 6) is -4.39. The fraction of sp³-hybridized carbons (Fsp3) is 0.370. The van der Waals surface area contributed by atoms with Crippen molar-refractivity contribution in [1.29, 1.82) is 5.26 Å². The highest BCUT2D eigenvalue weighted by molar-refractivity contribution is 7.71. The number of amides is 2. The molecule has 2 aliphatic rings. The SMILES string of the molecule is N#CC1(NC(=O)C2(NC(=O)c3cc4ccc(-c5ccc(C[SH](=O)=O)cc5)cc4o3)CCC(F)(F)CC2)CC1. The van der Waals surface area contributed by atoms with Crippen LogP contribution in [-0.4, -0.2) is 37.2 Å². The maximum absolute atomic E-state index is 13.9. The molecule has 2 N–H and O–H groups in total. The number of thiol groups is 1. The van der Waals surface area contributed by atoms with Crippen LogP contribution in [0.1, 0.15) is 54.6 Å². The van der Waals surface area contributed by atoms with E-state index >= 15 is 0 Å². The molecule has 2 aliphatic carbocycles. The van der Waals surface area contributed by atoms with Gasteiger partial charge in [-0.1, -0.05) is 36.4 Å². The molecule has 3 aromatic rings. The second-order valence-corrected chi connectivity index (χ2v) is 11.1. The van der Waals surface area contributed by atoms with Crippen molar-refractivity contribution in [2.24, 2.45) is 0 Å². The average molecular weight is 542 g/mol. The molecular weight excluding hydrogens is 516 g/mol. The second-order valence-electron chi connectivity index (χ2n) is 10.1. The van der Waals surface area contributed by atoms with Gasteiger partial charge in [0.15, 0.2) is 5.76 Å². The van der Waals surface area contributed by atoms with E-state index < -0.39 is 52.4 Å². The number of carbonyl (C=O) groups is 2. The zero-order chi connectivity index (χ0) is 27.1. The molecule has 0 unspecified atom stereocenters. The number of hydrogen-bond donors (Lipinski definition) is 3. The molecule has 2 fully saturated rings. The summed E-state index contributed by atoms with van der Waals surface area (Å²) in [6.45, 7) is 0. The van der Waals surface area contributed by atoms with Crippen molar-refractivity contribution in [3.63, 3.8) is 0 Å². The van der Waals surface area contributed by atoms with E-state index in [1.54, 1.807) is 36.4 Å². The molecule has 0 atom stereocenters. The summed E-state index contributed by atoms with van der Waals surface area (Å²) in [5, 5.41) is 15.3. The van der Waals surface area contributed by atoms with Crippen LogP contribution < -0.4 is 10.6 Å². The number of nitriles is 1. The highest BCUT2D eigenvalue weighted by Crippen LogP contribution is 2.41. The maximum atomic E-state index is 13.9. The van der Waals surface area contributed by atoms with E-state index in [2.05, 4.69) is 16.7 Å². The molecule has 0 bridgehead atoms. The Morgan fingerprint density at radius 2 is 1.58 bits per heavy atom. The number of alkyl halides is 2. The third-order valence-electron chi connectivity index (χ3n) is 7.28. The second kappa shape index (κ2) is 9.51. The summed E-state index contributed by atoms with van der Waals surface area (Å²) in [4.78, 5) is 26.4. The molecular formula is C27H25F2N3O5S. The molecule has 5 rings (SSSR count). The molecule has 198 valence electrons. The Balaban J connectivity index is 1.37. The molecule has 0 aliphatic heterocycles. The quantitative estimate of drug-likeness (QED) is 0.387. The van der Waals surface area contributed by atoms with Crippen LogP contribution in [0.3, 0.4) is 0 Å². The zero-order valence-electron chi connectivity index (χ0n) is 20.3. The molecule has 0 radical (unpaired) electrons. The van der Waals surface area contributed by atoms with E-state index in [1.807, 2.05) is 6.07 Å². The summed E-state index contributed by atoms with van der Waals surface area (Å²) >= 11 is 0. The molecule has 8 nitrogen and oxygen atoms in total. The monoisotopic (exact) mass is 541 g/mol. The van der Waals surface area contributed by atoms with Crippen molar-refractivity contribution < 1.29 is 31.2 Å². The third-order valence-corrected chi connectivity index (χ3v) is 7.91. The molecule has 0 spiro atoms. The minimum Gasteiger partial charge on any atom is -0.451 e. The number of furan rings is 1. The van der Waals surface area contributed by atoms with Gasteiger partial charge in [0.1, 0.15) is 27.4 Å². The molecule has 11 heteroatoms. The summed E-state index contributed by atoms with van der Waals surface area (Å²) in [7, 11) is -2.52. The van der Waals surface area contributed by atoms with Crippen LogP contribution in [0.2, 0.25) is 0 Å². The Labute approximate surface area is 219 Å². The fourth-order valence-electron chi connectivity index (χ4n) is 4.73. The van der Waals surface area contributed by atoms with Gasteiger partial charge in [0.2, 0.25) is 11.8 Å². The van der Waals surface area contributed by atoms with Gasteiger partial charge in [0.05, 0.1) is 11.8 Å². The van der Waals surface area contributed by atoms with Crippen molar-refractivity contribution >= 4 is 33.5 Å². The normalized spacial score (nSPS) is 19.0. The largest absolute Gasteiger partial charge is 0.451 e. The summed E-state index contributed by atoms with van der Waals surface area (Å²) in [6.07, 6.45) is -0.701. The van der Waals surface area contributed by atoms with E-state index in [4.69, 9.17) is 4.42 Å². The van der Waals surface area contributed by atoms with Crippen LogP contribution in [-0.2, 0) is 21.3 Å². The van der Waals surface area contributed by atoms with Crippen molar-refractivity contribution in [1.82, 2.24) is 10.6 Å². The third kappa shape index (κ3) is 5.27. The lowest BCUT2D eigenvalue weighted by Gasteiger charge is -2.39. The predicted octanol–water partition coefficient (Wildman–Crippen LogP) is 4.06. The van der Waals surface area contributed by atoms with Crippen molar-refractivity contribution in [3.8, 4) is 17.2 Å². The van der Waals surface area contributed by atoms with Gasteiger partial charge in [-0.3, -0.25) is 9.59 Å². The van der Waals surface area contributed by atoms with E-state index in [0.29, 0.717) is 29.4 Å². The number of halogens is 2. The number of benzene rings is 2. The first-order valence-electron chi connectivity index (χ1n) is 12.2. The first kappa shape index (κ1) is 25.9. The number of hydrogen-bond acceptors (Lipinski definition) is 6. The number of rotatable bonds is 7. The number of nitrogens with zero attached hydrogens (tertiary/aromatic N) is 1. The maximum Gasteiger partial charge on any atom is 0.287 e. The van der Waals surface area contributed by atoms with Crippen LogP contribution in [0.25, 0.3) is 22.1 Å². The minimum absolute atomic E-state index is 0.0417. The lowest BCUT2D eigenvalue weighted by atomic mass is 9.78. The Morgan fingerprint density at radius 3 is 2.18 bits per heavy atom. The Hall–Kier alpha value is -3.78. The van der Waals surface area contributed by atoms with E-state index in [1.165, 1.54) is 6.07 Å². The molecule has 2 amide bonds. The molecule has 1 aromatic heterocycles. The van der Waals surface area contributed by atoms with Crippen LogP contribution in [0.5, 0.6) is 0 Å². The number of carbonyl (C=O) groups excluding carboxylic acids is 2. The molecule has 1 heterocycles. The van der Waals surface area contributed by atoms with E-state index in [9.17, 15) is 32.0 Å². The van der Waals surface area contributed by atoms with E-state index in [0.717, 1.165) is 11.1 Å². The van der Waals surface area contributed by atoms with Crippen molar-refractivity contribution in [2.75, 3.05) is 0 Å². The molecule has 38 heavy (non-hydrogen) atoms. The molecule has 2 aromatic carbocycles. The Kier molecular flexibility index (Phi) is 6.47. The van der Waals surface area contributed by atoms with Crippen molar-refractivity contribution in [3.05, 3.63) is 59.9 Å². The minimum atomic E-state index is -2.93. The van der Waals surface area contributed by atoms with Crippen molar-refractivity contribution in [2.45, 2.75) is 61.3 Å². The van der Waals surface area contributed by atoms with Gasteiger partial charge in [0.25, 0.3) is 5.91 Å². The predicted molar refractivity (Wildman–Crippen MR) is 135 cm³/mol. The van der Waals surface area contributed by atoms with Gasteiger partial charge in [0, 0.05) is 18.2 Å². The average Bonchev–Trinajstić information content (AvgIpc) is 3.52. The lowest BCUT2D eigenvalue weighted by molar-refractivity contribution is -0.133. The van der Waals surface area contributed by atoms with Gasteiger partial charge in [-0.2, -0.15) is 5.26 Å². The van der Waals surface area contributed by atoms with Gasteiger partial charge in [-0.15, -0.1) is 0 Å². The van der Waals surface area contributed by atoms with Gasteiger partial charge in [-0.25, -0.2) is 17.2 Å². The summed E-state index contributed by atoms with van der Waals surface area (Å²) in [6, 6.07) is 15.9. The van der Waals surface area contributed by atoms with Crippen LogP contribution in [0.4, 0.5) is 8.78 Å². The highest BCUT2D eigenvalue weighted by Gasteiger charge is 2.53. The zero-order valence-corrected chi connectivity index (χ0v) is 21.2. The molecule has 2 saturated carbocycles. The number of nitrogens with one attached hydrogen (secondary N) is 2. The molecule has 0 saturated heterocycles.